The number of aryl methyl sites for hydroxylation is 1. The van der Waals surface area contributed by atoms with E-state index >= 15 is 0 Å². The minimum atomic E-state index is -0.0886. The van der Waals surface area contributed by atoms with Crippen LogP contribution in [0.3, 0.4) is 0 Å². The van der Waals surface area contributed by atoms with Gasteiger partial charge in [-0.2, -0.15) is 0 Å². The van der Waals surface area contributed by atoms with Gasteiger partial charge in [0.05, 0.1) is 13.2 Å². The van der Waals surface area contributed by atoms with Gasteiger partial charge in [-0.25, -0.2) is 0 Å². The van der Waals surface area contributed by atoms with E-state index in [1.807, 2.05) is 6.07 Å². The number of benzene rings is 2. The molecule has 2 aromatic carbocycles. The molecule has 0 spiro atoms. The third-order valence-corrected chi connectivity index (χ3v) is 5.75. The Morgan fingerprint density at radius 3 is 2.50 bits per heavy atom. The maximum Gasteiger partial charge on any atom is 0.161 e. The Morgan fingerprint density at radius 1 is 1.04 bits per heavy atom. The van der Waals surface area contributed by atoms with Crippen LogP contribution >= 0.6 is 0 Å². The molecule has 4 heteroatoms. The molecule has 1 N–H and O–H groups in total. The van der Waals surface area contributed by atoms with Crippen molar-refractivity contribution in [1.82, 2.24) is 4.90 Å². The Labute approximate surface area is 155 Å². The number of likely N-dealkylation sites (tertiary alicyclic amines) is 1. The van der Waals surface area contributed by atoms with Crippen molar-refractivity contribution in [1.29, 1.82) is 0 Å². The average molecular weight is 353 g/mol. The molecule has 2 fully saturated rings. The smallest absolute Gasteiger partial charge is 0.161 e. The van der Waals surface area contributed by atoms with Gasteiger partial charge in [-0.1, -0.05) is 35.9 Å². The predicted molar refractivity (Wildman–Crippen MR) is 101 cm³/mol. The topological polar surface area (TPSA) is 41.9 Å². The van der Waals surface area contributed by atoms with Crippen LogP contribution in [0.5, 0.6) is 11.5 Å². The number of hydrogen-bond acceptors (Lipinski definition) is 4. The van der Waals surface area contributed by atoms with E-state index in [1.54, 1.807) is 7.11 Å². The van der Waals surface area contributed by atoms with Crippen LogP contribution in [0.25, 0.3) is 0 Å². The Balaban J connectivity index is 1.42. The highest BCUT2D eigenvalue weighted by atomic mass is 16.5. The molecule has 1 saturated carbocycles. The number of aliphatic hydroxyl groups is 1. The third kappa shape index (κ3) is 3.57. The maximum atomic E-state index is 9.85. The molecule has 138 valence electrons. The molecule has 0 bridgehead atoms. The first-order chi connectivity index (χ1) is 12.6. The van der Waals surface area contributed by atoms with Crippen LogP contribution in [0.1, 0.15) is 23.1 Å². The summed E-state index contributed by atoms with van der Waals surface area (Å²) in [5.74, 6) is 2.71. The average Bonchev–Trinajstić information content (AvgIpc) is 2.97. The largest absolute Gasteiger partial charge is 0.493 e. The van der Waals surface area contributed by atoms with Crippen molar-refractivity contribution in [2.75, 3.05) is 20.2 Å². The lowest BCUT2D eigenvalue weighted by Gasteiger charge is -2.35. The van der Waals surface area contributed by atoms with Crippen LogP contribution in [0.15, 0.2) is 42.5 Å². The second-order valence-corrected chi connectivity index (χ2v) is 7.68. The van der Waals surface area contributed by atoms with Gasteiger partial charge in [0.1, 0.15) is 6.61 Å². The summed E-state index contributed by atoms with van der Waals surface area (Å²) in [5.41, 5.74) is 3.62. The van der Waals surface area contributed by atoms with Crippen molar-refractivity contribution in [3.63, 3.8) is 0 Å². The summed E-state index contributed by atoms with van der Waals surface area (Å²) in [7, 11) is 1.67. The molecule has 1 aliphatic carbocycles. The number of hydrogen-bond donors (Lipinski definition) is 1. The highest BCUT2D eigenvalue weighted by molar-refractivity contribution is 5.43. The minimum Gasteiger partial charge on any atom is -0.493 e. The summed E-state index contributed by atoms with van der Waals surface area (Å²) < 4.78 is 11.5. The summed E-state index contributed by atoms with van der Waals surface area (Å²) >= 11 is 0. The standard InChI is InChI=1S/C22H27NO3/c1-15-3-5-16(6-4-15)14-26-22-9-17(7-8-21(22)25-2)11-23-12-18-10-20(24)19(18)13-23/h3-9,18-20,24H,10-14H2,1-2H3/t18-,19+,20-/m1/s1. The molecule has 2 aliphatic rings. The van der Waals surface area contributed by atoms with Gasteiger partial charge >= 0.3 is 0 Å². The molecule has 3 atom stereocenters. The molecule has 4 rings (SSSR count). The Kier molecular flexibility index (Phi) is 4.88. The van der Waals surface area contributed by atoms with E-state index in [1.165, 1.54) is 11.1 Å². The molecule has 0 radical (unpaired) electrons. The number of methoxy groups -OCH3 is 1. The molecule has 0 unspecified atom stereocenters. The number of nitrogens with zero attached hydrogens (tertiary/aromatic N) is 1. The highest BCUT2D eigenvalue weighted by Crippen LogP contribution is 2.41. The van der Waals surface area contributed by atoms with Gasteiger partial charge in [0.25, 0.3) is 0 Å². The van der Waals surface area contributed by atoms with Gasteiger partial charge in [0.15, 0.2) is 11.5 Å². The summed E-state index contributed by atoms with van der Waals surface area (Å²) in [6.07, 6.45) is 0.878. The van der Waals surface area contributed by atoms with Crippen molar-refractivity contribution in [3.8, 4) is 11.5 Å². The minimum absolute atomic E-state index is 0.0886. The first-order valence-corrected chi connectivity index (χ1v) is 9.38. The van der Waals surface area contributed by atoms with Crippen molar-refractivity contribution < 1.29 is 14.6 Å². The number of aliphatic hydroxyl groups excluding tert-OH is 1. The molecular weight excluding hydrogens is 326 g/mol. The SMILES string of the molecule is COc1ccc(CN2C[C@H]3C[C@@H](O)[C@H]3C2)cc1OCc1ccc(C)cc1. The van der Waals surface area contributed by atoms with Crippen LogP contribution < -0.4 is 9.47 Å². The van der Waals surface area contributed by atoms with Crippen molar-refractivity contribution in [2.24, 2.45) is 11.8 Å². The van der Waals surface area contributed by atoms with E-state index < -0.39 is 0 Å². The lowest BCUT2D eigenvalue weighted by Crippen LogP contribution is -2.39. The van der Waals surface area contributed by atoms with Crippen LogP contribution in [-0.2, 0) is 13.2 Å². The zero-order valence-electron chi connectivity index (χ0n) is 15.5. The van der Waals surface area contributed by atoms with Crippen LogP contribution in [-0.4, -0.2) is 36.3 Å². The number of fused-ring (bicyclic) bond motifs is 1. The van der Waals surface area contributed by atoms with Gasteiger partial charge < -0.3 is 14.6 Å². The number of rotatable bonds is 6. The fourth-order valence-corrected chi connectivity index (χ4v) is 4.13. The molecule has 0 aromatic heterocycles. The molecule has 26 heavy (non-hydrogen) atoms. The zero-order valence-corrected chi connectivity index (χ0v) is 15.5. The summed E-state index contributed by atoms with van der Waals surface area (Å²) in [4.78, 5) is 2.44. The highest BCUT2D eigenvalue weighted by Gasteiger charge is 2.45. The van der Waals surface area contributed by atoms with Crippen LogP contribution in [0, 0.1) is 18.8 Å². The van der Waals surface area contributed by atoms with Crippen LogP contribution in [0.2, 0.25) is 0 Å². The van der Waals surface area contributed by atoms with E-state index in [4.69, 9.17) is 9.47 Å². The lowest BCUT2D eigenvalue weighted by molar-refractivity contribution is -0.00435. The quantitative estimate of drug-likeness (QED) is 0.864. The van der Waals surface area contributed by atoms with Gasteiger partial charge in [-0.05, 0) is 42.5 Å². The second-order valence-electron chi connectivity index (χ2n) is 7.68. The Hall–Kier alpha value is -2.04. The van der Waals surface area contributed by atoms with E-state index in [0.717, 1.165) is 43.1 Å². The van der Waals surface area contributed by atoms with Crippen molar-refractivity contribution >= 4 is 0 Å². The normalized spacial score (nSPS) is 24.8. The number of ether oxygens (including phenoxy) is 2. The van der Waals surface area contributed by atoms with Gasteiger partial charge in [-0.15, -0.1) is 0 Å². The van der Waals surface area contributed by atoms with Gasteiger partial charge in [0, 0.05) is 25.6 Å². The van der Waals surface area contributed by atoms with Gasteiger partial charge in [0.2, 0.25) is 0 Å². The van der Waals surface area contributed by atoms with Crippen molar-refractivity contribution in [2.45, 2.75) is 32.6 Å². The third-order valence-electron chi connectivity index (χ3n) is 5.75. The summed E-state index contributed by atoms with van der Waals surface area (Å²) in [6, 6.07) is 14.6. The zero-order chi connectivity index (χ0) is 18.1. The fraction of sp³-hybridized carbons (Fsp3) is 0.455. The van der Waals surface area contributed by atoms with E-state index in [0.29, 0.717) is 18.4 Å². The molecule has 1 aliphatic heterocycles. The summed E-state index contributed by atoms with van der Waals surface area (Å²) in [6.45, 7) is 5.59. The van der Waals surface area contributed by atoms with E-state index in [2.05, 4.69) is 48.2 Å². The van der Waals surface area contributed by atoms with Crippen LogP contribution in [0.4, 0.5) is 0 Å². The fourth-order valence-electron chi connectivity index (χ4n) is 4.13. The monoisotopic (exact) mass is 353 g/mol. The second kappa shape index (κ2) is 7.29. The van der Waals surface area contributed by atoms with E-state index in [9.17, 15) is 5.11 Å². The molecule has 1 heterocycles. The molecule has 4 nitrogen and oxygen atoms in total. The maximum absolute atomic E-state index is 9.85. The summed E-state index contributed by atoms with van der Waals surface area (Å²) in [5, 5.41) is 9.85. The predicted octanol–water partition coefficient (Wildman–Crippen LogP) is 3.40. The molecule has 0 amide bonds. The molecule has 2 aromatic rings. The van der Waals surface area contributed by atoms with E-state index in [-0.39, 0.29) is 6.10 Å². The Morgan fingerprint density at radius 2 is 1.81 bits per heavy atom. The lowest BCUT2D eigenvalue weighted by atomic mass is 9.74. The first-order valence-electron chi connectivity index (χ1n) is 9.38. The molecular formula is C22H27NO3. The molecule has 1 saturated heterocycles. The Bertz CT molecular complexity index is 758. The first kappa shape index (κ1) is 17.4. The van der Waals surface area contributed by atoms with Gasteiger partial charge in [-0.3, -0.25) is 4.90 Å². The van der Waals surface area contributed by atoms with Crippen molar-refractivity contribution in [3.05, 3.63) is 59.2 Å².